The van der Waals surface area contributed by atoms with E-state index in [1.54, 1.807) is 12.4 Å². The summed E-state index contributed by atoms with van der Waals surface area (Å²) in [5.74, 6) is 2.55. The first-order valence-corrected chi connectivity index (χ1v) is 8.87. The summed E-state index contributed by atoms with van der Waals surface area (Å²) in [7, 11) is 1.81. The van der Waals surface area contributed by atoms with Gasteiger partial charge in [0, 0.05) is 52.0 Å². The van der Waals surface area contributed by atoms with Crippen LogP contribution >= 0.6 is 0 Å². The van der Waals surface area contributed by atoms with E-state index in [2.05, 4.69) is 30.2 Å². The second kappa shape index (κ2) is 9.19. The van der Waals surface area contributed by atoms with Gasteiger partial charge >= 0.3 is 0 Å². The van der Waals surface area contributed by atoms with Crippen LogP contribution in [0.2, 0.25) is 0 Å². The third kappa shape index (κ3) is 5.19. The Bertz CT molecular complexity index is 695. The summed E-state index contributed by atoms with van der Waals surface area (Å²) in [6.07, 6.45) is 3.45. The highest BCUT2D eigenvalue weighted by Gasteiger charge is 2.20. The molecule has 1 aliphatic rings. The Hall–Kier alpha value is -2.61. The van der Waals surface area contributed by atoms with Crippen LogP contribution in [0.5, 0.6) is 5.75 Å². The Balaban J connectivity index is 1.38. The molecule has 0 amide bonds. The molecule has 1 fully saturated rings. The van der Waals surface area contributed by atoms with Crippen LogP contribution in [0.4, 0.5) is 0 Å². The van der Waals surface area contributed by atoms with E-state index in [4.69, 9.17) is 9.26 Å². The number of nitrogens with one attached hydrogen (secondary N) is 1. The Morgan fingerprint density at radius 2 is 2.19 bits per heavy atom. The highest BCUT2D eigenvalue weighted by molar-refractivity contribution is 5.80. The zero-order chi connectivity index (χ0) is 18.2. The molecule has 0 aromatic carbocycles. The van der Waals surface area contributed by atoms with Gasteiger partial charge in [0.15, 0.2) is 5.96 Å². The minimum atomic E-state index is 0.566. The maximum absolute atomic E-state index is 5.65. The zero-order valence-electron chi connectivity index (χ0n) is 15.4. The van der Waals surface area contributed by atoms with Gasteiger partial charge in [-0.25, -0.2) is 0 Å². The predicted octanol–water partition coefficient (Wildman–Crippen LogP) is 1.15. The van der Waals surface area contributed by atoms with Crippen molar-refractivity contribution in [2.24, 2.45) is 4.99 Å². The molecule has 0 radical (unpaired) electrons. The van der Waals surface area contributed by atoms with Gasteiger partial charge < -0.3 is 19.5 Å². The van der Waals surface area contributed by atoms with Crippen molar-refractivity contribution in [1.29, 1.82) is 0 Å². The van der Waals surface area contributed by atoms with Gasteiger partial charge in [-0.2, -0.15) is 0 Å². The van der Waals surface area contributed by atoms with E-state index in [9.17, 15) is 0 Å². The van der Waals surface area contributed by atoms with Crippen molar-refractivity contribution in [1.82, 2.24) is 25.3 Å². The van der Waals surface area contributed by atoms with Crippen LogP contribution in [0.1, 0.15) is 11.5 Å². The van der Waals surface area contributed by atoms with Crippen molar-refractivity contribution in [2.75, 3.05) is 46.4 Å². The normalized spacial score (nSPS) is 15.9. The zero-order valence-corrected chi connectivity index (χ0v) is 15.4. The van der Waals surface area contributed by atoms with Crippen LogP contribution in [0, 0.1) is 6.92 Å². The van der Waals surface area contributed by atoms with Gasteiger partial charge in [0.1, 0.15) is 18.1 Å². The Labute approximate surface area is 153 Å². The number of pyridine rings is 1. The van der Waals surface area contributed by atoms with Crippen LogP contribution in [0.15, 0.2) is 40.1 Å². The van der Waals surface area contributed by atoms with E-state index in [1.807, 2.05) is 32.2 Å². The Morgan fingerprint density at radius 1 is 1.35 bits per heavy atom. The van der Waals surface area contributed by atoms with Crippen LogP contribution < -0.4 is 10.1 Å². The molecule has 0 aliphatic carbocycles. The van der Waals surface area contributed by atoms with Gasteiger partial charge in [0.2, 0.25) is 0 Å². The molecule has 0 spiro atoms. The lowest BCUT2D eigenvalue weighted by molar-refractivity contribution is 0.168. The molecule has 0 bridgehead atoms. The molecular weight excluding hydrogens is 332 g/mol. The lowest BCUT2D eigenvalue weighted by Gasteiger charge is -2.36. The molecular formula is C18H26N6O2. The lowest BCUT2D eigenvalue weighted by Crippen LogP contribution is -2.52. The van der Waals surface area contributed by atoms with E-state index in [-0.39, 0.29) is 0 Å². The molecule has 26 heavy (non-hydrogen) atoms. The molecule has 1 aliphatic heterocycles. The highest BCUT2D eigenvalue weighted by Crippen LogP contribution is 2.09. The van der Waals surface area contributed by atoms with Crippen molar-refractivity contribution in [2.45, 2.75) is 13.5 Å². The fourth-order valence-electron chi connectivity index (χ4n) is 2.94. The van der Waals surface area contributed by atoms with Crippen LogP contribution in [-0.2, 0) is 6.54 Å². The van der Waals surface area contributed by atoms with Crippen molar-refractivity contribution in [3.63, 3.8) is 0 Å². The van der Waals surface area contributed by atoms with E-state index in [0.717, 1.165) is 55.9 Å². The van der Waals surface area contributed by atoms with E-state index >= 15 is 0 Å². The number of hydrogen-bond donors (Lipinski definition) is 1. The maximum atomic E-state index is 5.65. The van der Waals surface area contributed by atoms with Gasteiger partial charge in [-0.1, -0.05) is 5.16 Å². The maximum Gasteiger partial charge on any atom is 0.193 e. The quantitative estimate of drug-likeness (QED) is 0.471. The average molecular weight is 358 g/mol. The summed E-state index contributed by atoms with van der Waals surface area (Å²) in [4.78, 5) is 13.1. The fraction of sp³-hybridized carbons (Fsp3) is 0.500. The Morgan fingerprint density at radius 3 is 2.85 bits per heavy atom. The van der Waals surface area contributed by atoms with Crippen LogP contribution in [0.3, 0.4) is 0 Å². The first-order chi connectivity index (χ1) is 12.7. The number of ether oxygens (including phenoxy) is 1. The number of hydrogen-bond acceptors (Lipinski definition) is 6. The predicted molar refractivity (Wildman–Crippen MR) is 99.2 cm³/mol. The summed E-state index contributed by atoms with van der Waals surface area (Å²) in [6, 6.07) is 5.76. The summed E-state index contributed by atoms with van der Waals surface area (Å²) < 4.78 is 10.8. The molecule has 0 saturated carbocycles. The second-order valence-electron chi connectivity index (χ2n) is 6.20. The van der Waals surface area contributed by atoms with Crippen molar-refractivity contribution in [3.8, 4) is 5.75 Å². The van der Waals surface area contributed by atoms with E-state index < -0.39 is 0 Å². The molecule has 1 saturated heterocycles. The summed E-state index contributed by atoms with van der Waals surface area (Å²) in [5.41, 5.74) is 0.992. The summed E-state index contributed by atoms with van der Waals surface area (Å²) >= 11 is 0. The van der Waals surface area contributed by atoms with Crippen molar-refractivity contribution >= 4 is 5.96 Å². The van der Waals surface area contributed by atoms with Crippen molar-refractivity contribution < 1.29 is 9.26 Å². The topological polar surface area (TPSA) is 79.0 Å². The number of guanidine groups is 1. The summed E-state index contributed by atoms with van der Waals surface area (Å²) in [6.45, 7) is 7.81. The number of nitrogens with zero attached hydrogens (tertiary/aromatic N) is 5. The minimum absolute atomic E-state index is 0.566. The first kappa shape index (κ1) is 18.2. The third-order valence-corrected chi connectivity index (χ3v) is 4.23. The molecule has 1 N–H and O–H groups in total. The molecule has 0 atom stereocenters. The Kier molecular flexibility index (Phi) is 6.43. The SMILES string of the molecule is CN=C(NCCOc1cccnc1)N1CCN(Cc2cc(C)on2)CC1. The molecule has 2 aromatic heterocycles. The smallest absolute Gasteiger partial charge is 0.193 e. The van der Waals surface area contributed by atoms with Gasteiger partial charge in [0.05, 0.1) is 18.4 Å². The number of aryl methyl sites for hydroxylation is 1. The van der Waals surface area contributed by atoms with Crippen molar-refractivity contribution in [3.05, 3.63) is 42.0 Å². The lowest BCUT2D eigenvalue weighted by atomic mass is 10.3. The van der Waals surface area contributed by atoms with Gasteiger partial charge in [-0.05, 0) is 19.1 Å². The molecule has 8 nitrogen and oxygen atoms in total. The minimum Gasteiger partial charge on any atom is -0.490 e. The number of rotatable bonds is 6. The number of piperazine rings is 1. The molecule has 0 unspecified atom stereocenters. The second-order valence-corrected chi connectivity index (χ2v) is 6.20. The van der Waals surface area contributed by atoms with Crippen LogP contribution in [-0.4, -0.2) is 72.3 Å². The van der Waals surface area contributed by atoms with Gasteiger partial charge in [-0.3, -0.25) is 14.9 Å². The highest BCUT2D eigenvalue weighted by atomic mass is 16.5. The largest absolute Gasteiger partial charge is 0.490 e. The molecule has 3 heterocycles. The van der Waals surface area contributed by atoms with Gasteiger partial charge in [0.25, 0.3) is 0 Å². The number of aliphatic imine (C=N–C) groups is 1. The fourth-order valence-corrected chi connectivity index (χ4v) is 2.94. The average Bonchev–Trinajstić information content (AvgIpc) is 3.08. The van der Waals surface area contributed by atoms with E-state index in [1.165, 1.54) is 0 Å². The molecule has 2 aromatic rings. The molecule has 140 valence electrons. The van der Waals surface area contributed by atoms with Crippen LogP contribution in [0.25, 0.3) is 0 Å². The standard InChI is InChI=1S/C18H26N6O2/c1-15-12-16(22-26-15)14-23-7-9-24(10-8-23)18(19-2)21-6-11-25-17-4-3-5-20-13-17/h3-5,12-13H,6-11,14H2,1-2H3,(H,19,21). The summed E-state index contributed by atoms with van der Waals surface area (Å²) in [5, 5.41) is 7.43. The first-order valence-electron chi connectivity index (χ1n) is 8.87. The number of aromatic nitrogens is 2. The van der Waals surface area contributed by atoms with Gasteiger partial charge in [-0.15, -0.1) is 0 Å². The van der Waals surface area contributed by atoms with E-state index in [0.29, 0.717) is 13.2 Å². The third-order valence-electron chi connectivity index (χ3n) is 4.23. The monoisotopic (exact) mass is 358 g/mol. The molecule has 8 heteroatoms. The molecule has 3 rings (SSSR count).